The second-order valence-electron chi connectivity index (χ2n) is 6.53. The molecule has 0 bridgehead atoms. The molecule has 0 unspecified atom stereocenters. The number of piperazine rings is 1. The predicted molar refractivity (Wildman–Crippen MR) is 103 cm³/mol. The zero-order chi connectivity index (χ0) is 20.3. The molecule has 0 saturated carbocycles. The van der Waals surface area contributed by atoms with Crippen molar-refractivity contribution >= 4 is 34.9 Å². The van der Waals surface area contributed by atoms with Crippen LogP contribution in [-0.2, 0) is 11.3 Å². The molecule has 0 aromatic carbocycles. The van der Waals surface area contributed by atoms with Crippen LogP contribution < -0.4 is 4.90 Å². The summed E-state index contributed by atoms with van der Waals surface area (Å²) in [5.41, 5.74) is 0. The molecule has 152 valence electrons. The Hall–Kier alpha value is -1.97. The zero-order valence-corrected chi connectivity index (χ0v) is 16.7. The summed E-state index contributed by atoms with van der Waals surface area (Å²) in [5, 5.41) is 0.944. The van der Waals surface area contributed by atoms with Gasteiger partial charge in [0.15, 0.2) is 0 Å². The van der Waals surface area contributed by atoms with Crippen LogP contribution in [0.15, 0.2) is 24.7 Å². The minimum Gasteiger partial charge on any atom is -0.352 e. The molecule has 0 aliphatic carbocycles. The second kappa shape index (κ2) is 9.02. The molecule has 1 fully saturated rings. The summed E-state index contributed by atoms with van der Waals surface area (Å²) in [6.45, 7) is -0.122. The fraction of sp³-hybridized carbons (Fsp3) is 0.471. The van der Waals surface area contributed by atoms with Gasteiger partial charge in [-0.15, -0.1) is 0 Å². The number of imidazole rings is 1. The third-order valence-electron chi connectivity index (χ3n) is 4.50. The lowest BCUT2D eigenvalue weighted by atomic mass is 10.3. The van der Waals surface area contributed by atoms with Crippen molar-refractivity contribution in [3.05, 3.63) is 40.5 Å². The van der Waals surface area contributed by atoms with Crippen molar-refractivity contribution in [3.8, 4) is 0 Å². The molecular formula is C17H20Cl2F2N6O. The lowest BCUT2D eigenvalue weighted by Crippen LogP contribution is -2.51. The van der Waals surface area contributed by atoms with Crippen molar-refractivity contribution in [2.24, 2.45) is 0 Å². The number of halogens is 4. The minimum atomic E-state index is -2.65. The molecule has 2 aromatic heterocycles. The van der Waals surface area contributed by atoms with Gasteiger partial charge in [-0.3, -0.25) is 14.3 Å². The normalized spacial score (nSPS) is 15.0. The van der Waals surface area contributed by atoms with E-state index < -0.39 is 6.55 Å². The van der Waals surface area contributed by atoms with E-state index >= 15 is 0 Å². The first-order valence-electron chi connectivity index (χ1n) is 8.67. The van der Waals surface area contributed by atoms with Gasteiger partial charge in [0.2, 0.25) is 5.91 Å². The number of hydrogen-bond donors (Lipinski definition) is 0. The summed E-state index contributed by atoms with van der Waals surface area (Å²) in [6.07, 6.45) is 4.09. The number of pyridine rings is 1. The van der Waals surface area contributed by atoms with E-state index in [1.807, 2.05) is 4.90 Å². The van der Waals surface area contributed by atoms with Crippen molar-refractivity contribution in [2.45, 2.75) is 13.1 Å². The molecule has 28 heavy (non-hydrogen) atoms. The minimum absolute atomic E-state index is 0.0625. The van der Waals surface area contributed by atoms with Gasteiger partial charge in [-0.25, -0.2) is 9.97 Å². The number of alkyl halides is 2. The standard InChI is InChI=1S/C17H20Cl2F2N6O/c1-24(10-14-22-2-3-27(14)17(20)21)11-15(28)25-4-6-26(7-5-25)16-13(19)8-12(18)9-23-16/h2-3,8-9,17H,4-7,10-11H2,1H3. The average Bonchev–Trinajstić information content (AvgIpc) is 3.10. The van der Waals surface area contributed by atoms with Crippen LogP contribution in [0.3, 0.4) is 0 Å². The Bertz CT molecular complexity index is 826. The van der Waals surface area contributed by atoms with Crippen LogP contribution in [-0.4, -0.2) is 70.0 Å². The highest BCUT2D eigenvalue weighted by Gasteiger charge is 2.24. The predicted octanol–water partition coefficient (Wildman–Crippen LogP) is 2.76. The maximum atomic E-state index is 12.9. The summed E-state index contributed by atoms with van der Waals surface area (Å²) in [5.74, 6) is 0.806. The van der Waals surface area contributed by atoms with E-state index in [9.17, 15) is 13.6 Å². The Balaban J connectivity index is 1.51. The number of aromatic nitrogens is 3. The first-order chi connectivity index (χ1) is 13.3. The second-order valence-corrected chi connectivity index (χ2v) is 7.37. The van der Waals surface area contributed by atoms with Crippen LogP contribution in [0.4, 0.5) is 14.6 Å². The van der Waals surface area contributed by atoms with Crippen molar-refractivity contribution in [1.82, 2.24) is 24.3 Å². The van der Waals surface area contributed by atoms with Crippen LogP contribution >= 0.6 is 23.2 Å². The van der Waals surface area contributed by atoms with Gasteiger partial charge in [-0.2, -0.15) is 8.78 Å². The Morgan fingerprint density at radius 1 is 1.25 bits per heavy atom. The Morgan fingerprint density at radius 2 is 1.96 bits per heavy atom. The van der Waals surface area contributed by atoms with Gasteiger partial charge in [0, 0.05) is 44.8 Å². The van der Waals surface area contributed by atoms with E-state index in [-0.39, 0.29) is 24.8 Å². The average molecular weight is 433 g/mol. The number of anilines is 1. The van der Waals surface area contributed by atoms with Gasteiger partial charge >= 0.3 is 6.55 Å². The summed E-state index contributed by atoms with van der Waals surface area (Å²) < 4.78 is 26.6. The third-order valence-corrected chi connectivity index (χ3v) is 4.98. The van der Waals surface area contributed by atoms with Gasteiger partial charge in [0.05, 0.1) is 23.1 Å². The van der Waals surface area contributed by atoms with E-state index in [2.05, 4.69) is 9.97 Å². The molecule has 1 amide bonds. The molecule has 0 N–H and O–H groups in total. The Morgan fingerprint density at radius 3 is 2.61 bits per heavy atom. The van der Waals surface area contributed by atoms with E-state index in [1.165, 1.54) is 12.4 Å². The SMILES string of the molecule is CN(CC(=O)N1CCN(c2ncc(Cl)cc2Cl)CC1)Cc1nccn1C(F)F. The molecule has 1 saturated heterocycles. The maximum absolute atomic E-state index is 12.9. The quantitative estimate of drug-likeness (QED) is 0.702. The Kier molecular flexibility index (Phi) is 6.69. The van der Waals surface area contributed by atoms with Crippen LogP contribution in [0.25, 0.3) is 0 Å². The molecule has 0 atom stereocenters. The summed E-state index contributed by atoms with van der Waals surface area (Å²) in [7, 11) is 1.70. The zero-order valence-electron chi connectivity index (χ0n) is 15.2. The van der Waals surface area contributed by atoms with Crippen molar-refractivity contribution in [1.29, 1.82) is 0 Å². The number of likely N-dealkylation sites (N-methyl/N-ethyl adjacent to an activating group) is 1. The largest absolute Gasteiger partial charge is 0.352 e. The highest BCUT2D eigenvalue weighted by atomic mass is 35.5. The van der Waals surface area contributed by atoms with Gasteiger partial charge in [0.1, 0.15) is 11.6 Å². The number of carbonyl (C=O) groups is 1. The van der Waals surface area contributed by atoms with Crippen molar-refractivity contribution < 1.29 is 13.6 Å². The molecule has 1 aliphatic heterocycles. The third kappa shape index (κ3) is 4.89. The summed E-state index contributed by atoms with van der Waals surface area (Å²) in [6, 6.07) is 1.64. The van der Waals surface area contributed by atoms with Crippen LogP contribution in [0.1, 0.15) is 12.4 Å². The number of rotatable bonds is 6. The van der Waals surface area contributed by atoms with Crippen LogP contribution in [0.5, 0.6) is 0 Å². The lowest BCUT2D eigenvalue weighted by Gasteiger charge is -2.36. The number of hydrogen-bond acceptors (Lipinski definition) is 5. The Labute approximate surface area is 171 Å². The molecule has 11 heteroatoms. The molecule has 0 spiro atoms. The van der Waals surface area contributed by atoms with Crippen molar-refractivity contribution in [3.63, 3.8) is 0 Å². The number of carbonyl (C=O) groups excluding carboxylic acids is 1. The van der Waals surface area contributed by atoms with E-state index in [0.717, 1.165) is 4.57 Å². The first-order valence-corrected chi connectivity index (χ1v) is 9.43. The maximum Gasteiger partial charge on any atom is 0.319 e. The van der Waals surface area contributed by atoms with Crippen LogP contribution in [0.2, 0.25) is 10.0 Å². The highest BCUT2D eigenvalue weighted by molar-refractivity contribution is 6.36. The summed E-state index contributed by atoms with van der Waals surface area (Å²) >= 11 is 12.1. The first kappa shape index (κ1) is 20.8. The van der Waals surface area contributed by atoms with Crippen molar-refractivity contribution in [2.75, 3.05) is 44.7 Å². The van der Waals surface area contributed by atoms with Gasteiger partial charge in [-0.1, -0.05) is 23.2 Å². The topological polar surface area (TPSA) is 57.5 Å². The fourth-order valence-electron chi connectivity index (χ4n) is 3.08. The number of nitrogens with zero attached hydrogens (tertiary/aromatic N) is 6. The molecule has 2 aromatic rings. The smallest absolute Gasteiger partial charge is 0.319 e. The molecule has 3 rings (SSSR count). The highest BCUT2D eigenvalue weighted by Crippen LogP contribution is 2.26. The van der Waals surface area contributed by atoms with Crippen LogP contribution in [0, 0.1) is 0 Å². The molecule has 7 nitrogen and oxygen atoms in total. The van der Waals surface area contributed by atoms with Gasteiger partial charge < -0.3 is 9.80 Å². The van der Waals surface area contributed by atoms with E-state index in [4.69, 9.17) is 23.2 Å². The molecule has 1 aliphatic rings. The van der Waals surface area contributed by atoms with Gasteiger partial charge in [-0.05, 0) is 13.1 Å². The van der Waals surface area contributed by atoms with E-state index in [1.54, 1.807) is 29.1 Å². The fourth-order valence-corrected chi connectivity index (χ4v) is 3.58. The molecule has 0 radical (unpaired) electrons. The van der Waals surface area contributed by atoms with Gasteiger partial charge in [0.25, 0.3) is 0 Å². The monoisotopic (exact) mass is 432 g/mol. The van der Waals surface area contributed by atoms with E-state index in [0.29, 0.717) is 42.0 Å². The summed E-state index contributed by atoms with van der Waals surface area (Å²) in [4.78, 5) is 26.2. The number of amides is 1. The molecule has 3 heterocycles. The molecular weight excluding hydrogens is 413 g/mol. The lowest BCUT2D eigenvalue weighted by molar-refractivity contribution is -0.132.